The number of fused-ring (bicyclic) bond motifs is 1. The lowest BCUT2D eigenvalue weighted by Gasteiger charge is -1.99. The van der Waals surface area contributed by atoms with Crippen molar-refractivity contribution in [1.82, 2.24) is 5.32 Å². The van der Waals surface area contributed by atoms with Gasteiger partial charge in [-0.1, -0.05) is 6.07 Å². The topological polar surface area (TPSA) is 66.4 Å². The molecule has 0 fully saturated rings. The van der Waals surface area contributed by atoms with Gasteiger partial charge >= 0.3 is 5.97 Å². The zero-order valence-corrected chi connectivity index (χ0v) is 10.1. The number of amides is 1. The summed E-state index contributed by atoms with van der Waals surface area (Å²) in [5, 5.41) is 11.3. The van der Waals surface area contributed by atoms with Crippen molar-refractivity contribution in [1.29, 1.82) is 0 Å². The molecule has 0 bridgehead atoms. The molecule has 0 saturated heterocycles. The van der Waals surface area contributed by atoms with Crippen LogP contribution in [0.3, 0.4) is 0 Å². The molecule has 6 heteroatoms. The number of benzene rings is 1. The number of hydrogen-bond acceptors (Lipinski definition) is 3. The molecule has 1 aromatic carbocycles. The number of aliphatic carboxylic acids is 1. The molecular formula is C12H10FNO3S. The van der Waals surface area contributed by atoms with Gasteiger partial charge in [0.25, 0.3) is 5.91 Å². The van der Waals surface area contributed by atoms with Crippen molar-refractivity contribution in [2.45, 2.75) is 6.42 Å². The smallest absolute Gasteiger partial charge is 0.305 e. The molecule has 94 valence electrons. The van der Waals surface area contributed by atoms with Crippen molar-refractivity contribution in [2.24, 2.45) is 0 Å². The van der Waals surface area contributed by atoms with Crippen LogP contribution in [-0.4, -0.2) is 23.5 Å². The molecule has 2 aromatic rings. The van der Waals surface area contributed by atoms with Gasteiger partial charge in [-0.15, -0.1) is 11.3 Å². The summed E-state index contributed by atoms with van der Waals surface area (Å²) in [5.74, 6) is -1.72. The maximum atomic E-state index is 13.4. The van der Waals surface area contributed by atoms with Crippen LogP contribution in [0.5, 0.6) is 0 Å². The van der Waals surface area contributed by atoms with E-state index in [2.05, 4.69) is 5.32 Å². The second kappa shape index (κ2) is 5.14. The first-order valence-corrected chi connectivity index (χ1v) is 6.07. The Hall–Kier alpha value is -1.95. The summed E-state index contributed by atoms with van der Waals surface area (Å²) in [6, 6.07) is 6.13. The van der Waals surface area contributed by atoms with E-state index in [9.17, 15) is 14.0 Å². The summed E-state index contributed by atoms with van der Waals surface area (Å²) in [7, 11) is 0. The highest BCUT2D eigenvalue weighted by molar-refractivity contribution is 7.20. The fraction of sp³-hybridized carbons (Fsp3) is 0.167. The molecule has 2 N–H and O–H groups in total. The van der Waals surface area contributed by atoms with Gasteiger partial charge in [0.2, 0.25) is 0 Å². The van der Waals surface area contributed by atoms with Gasteiger partial charge in [0.05, 0.1) is 11.3 Å². The average molecular weight is 267 g/mol. The average Bonchev–Trinajstić information content (AvgIpc) is 2.74. The van der Waals surface area contributed by atoms with Gasteiger partial charge in [-0.05, 0) is 18.2 Å². The van der Waals surface area contributed by atoms with Gasteiger partial charge in [0.15, 0.2) is 0 Å². The molecule has 0 spiro atoms. The summed E-state index contributed by atoms with van der Waals surface area (Å²) in [6.07, 6.45) is -0.134. The van der Waals surface area contributed by atoms with Crippen molar-refractivity contribution in [2.75, 3.05) is 6.54 Å². The molecule has 0 aliphatic heterocycles. The molecule has 0 radical (unpaired) electrons. The van der Waals surface area contributed by atoms with Gasteiger partial charge in [-0.2, -0.15) is 0 Å². The first kappa shape index (κ1) is 12.5. The SMILES string of the molecule is O=C(O)CCNC(=O)c1cc2c(F)cccc2s1. The van der Waals surface area contributed by atoms with Crippen LogP contribution in [0, 0.1) is 5.82 Å². The molecule has 18 heavy (non-hydrogen) atoms. The molecule has 0 atom stereocenters. The lowest BCUT2D eigenvalue weighted by atomic mass is 10.2. The summed E-state index contributed by atoms with van der Waals surface area (Å²) in [6.45, 7) is 0.0604. The van der Waals surface area contributed by atoms with Crippen molar-refractivity contribution in [3.05, 3.63) is 35.0 Å². The molecule has 0 saturated carbocycles. The second-order valence-corrected chi connectivity index (χ2v) is 4.75. The van der Waals surface area contributed by atoms with Crippen molar-refractivity contribution in [3.63, 3.8) is 0 Å². The summed E-state index contributed by atoms with van der Waals surface area (Å²) in [5.41, 5.74) is 0. The Bertz CT molecular complexity index is 608. The number of halogens is 1. The predicted molar refractivity (Wildman–Crippen MR) is 66.4 cm³/mol. The Kier molecular flexibility index (Phi) is 3.57. The van der Waals surface area contributed by atoms with Gasteiger partial charge in [-0.3, -0.25) is 9.59 Å². The minimum atomic E-state index is -0.974. The number of carboxylic acid groups (broad SMARTS) is 1. The highest BCUT2D eigenvalue weighted by Gasteiger charge is 2.12. The predicted octanol–water partition coefficient (Wildman–Crippen LogP) is 2.24. The fourth-order valence-electron chi connectivity index (χ4n) is 1.51. The zero-order valence-electron chi connectivity index (χ0n) is 9.27. The monoisotopic (exact) mass is 267 g/mol. The molecule has 0 unspecified atom stereocenters. The fourth-order valence-corrected chi connectivity index (χ4v) is 2.50. The second-order valence-electron chi connectivity index (χ2n) is 3.66. The van der Waals surface area contributed by atoms with Crippen LogP contribution in [-0.2, 0) is 4.79 Å². The van der Waals surface area contributed by atoms with Crippen LogP contribution < -0.4 is 5.32 Å². The third-order valence-corrected chi connectivity index (χ3v) is 3.46. The number of nitrogens with one attached hydrogen (secondary N) is 1. The normalized spacial score (nSPS) is 10.5. The minimum Gasteiger partial charge on any atom is -0.481 e. The summed E-state index contributed by atoms with van der Waals surface area (Å²) in [4.78, 5) is 22.4. The molecule has 1 heterocycles. The Balaban J connectivity index is 2.13. The molecule has 1 aromatic heterocycles. The maximum absolute atomic E-state index is 13.4. The Morgan fingerprint density at radius 1 is 1.39 bits per heavy atom. The van der Waals surface area contributed by atoms with Crippen LogP contribution in [0.1, 0.15) is 16.1 Å². The van der Waals surface area contributed by atoms with Crippen LogP contribution in [0.25, 0.3) is 10.1 Å². The third-order valence-electron chi connectivity index (χ3n) is 2.36. The molecular weight excluding hydrogens is 257 g/mol. The standard InChI is InChI=1S/C12H10FNO3S/c13-8-2-1-3-9-7(8)6-10(18-9)12(17)14-5-4-11(15)16/h1-3,6H,4-5H2,(H,14,17)(H,15,16). The summed E-state index contributed by atoms with van der Waals surface area (Å²) >= 11 is 1.18. The highest BCUT2D eigenvalue weighted by Crippen LogP contribution is 2.27. The third kappa shape index (κ3) is 2.65. The largest absolute Gasteiger partial charge is 0.481 e. The molecule has 2 rings (SSSR count). The lowest BCUT2D eigenvalue weighted by Crippen LogP contribution is -2.25. The lowest BCUT2D eigenvalue weighted by molar-refractivity contribution is -0.136. The van der Waals surface area contributed by atoms with E-state index in [0.29, 0.717) is 15.0 Å². The minimum absolute atomic E-state index is 0.0604. The number of carboxylic acids is 1. The first-order valence-electron chi connectivity index (χ1n) is 5.26. The van der Waals surface area contributed by atoms with E-state index in [0.717, 1.165) is 0 Å². The summed E-state index contributed by atoms with van der Waals surface area (Å²) < 4.78 is 14.1. The van der Waals surface area contributed by atoms with E-state index in [1.807, 2.05) is 0 Å². The quantitative estimate of drug-likeness (QED) is 0.892. The van der Waals surface area contributed by atoms with Crippen LogP contribution in [0.2, 0.25) is 0 Å². The van der Waals surface area contributed by atoms with E-state index in [4.69, 9.17) is 5.11 Å². The first-order chi connectivity index (χ1) is 8.58. The molecule has 0 aliphatic rings. The molecule has 0 aliphatic carbocycles. The van der Waals surface area contributed by atoms with Gasteiger partial charge in [0.1, 0.15) is 5.82 Å². The Morgan fingerprint density at radius 3 is 2.83 bits per heavy atom. The number of carbonyl (C=O) groups is 2. The number of carbonyl (C=O) groups excluding carboxylic acids is 1. The van der Waals surface area contributed by atoms with Gasteiger partial charge in [0, 0.05) is 16.6 Å². The van der Waals surface area contributed by atoms with Crippen LogP contribution in [0.4, 0.5) is 4.39 Å². The van der Waals surface area contributed by atoms with Crippen molar-refractivity contribution < 1.29 is 19.1 Å². The van der Waals surface area contributed by atoms with E-state index in [1.54, 1.807) is 12.1 Å². The molecule has 1 amide bonds. The maximum Gasteiger partial charge on any atom is 0.305 e. The zero-order chi connectivity index (χ0) is 13.1. The number of rotatable bonds is 4. The van der Waals surface area contributed by atoms with Crippen LogP contribution in [0.15, 0.2) is 24.3 Å². The van der Waals surface area contributed by atoms with E-state index >= 15 is 0 Å². The Morgan fingerprint density at radius 2 is 2.17 bits per heavy atom. The van der Waals surface area contributed by atoms with E-state index in [-0.39, 0.29) is 24.7 Å². The van der Waals surface area contributed by atoms with E-state index < -0.39 is 5.97 Å². The number of thiophene rings is 1. The highest BCUT2D eigenvalue weighted by atomic mass is 32.1. The molecule has 4 nitrogen and oxygen atoms in total. The van der Waals surface area contributed by atoms with Gasteiger partial charge < -0.3 is 10.4 Å². The van der Waals surface area contributed by atoms with Crippen LogP contribution >= 0.6 is 11.3 Å². The van der Waals surface area contributed by atoms with Crippen molar-refractivity contribution >= 4 is 33.3 Å². The Labute approximate surface area is 106 Å². The van der Waals surface area contributed by atoms with Gasteiger partial charge in [-0.25, -0.2) is 4.39 Å². The van der Waals surface area contributed by atoms with E-state index in [1.165, 1.54) is 23.5 Å². The van der Waals surface area contributed by atoms with Crippen molar-refractivity contribution in [3.8, 4) is 0 Å². The number of hydrogen-bond donors (Lipinski definition) is 2.